The summed E-state index contributed by atoms with van der Waals surface area (Å²) in [6.45, 7) is 0. The van der Waals surface area contributed by atoms with Crippen molar-refractivity contribution in [3.05, 3.63) is 16.8 Å². The van der Waals surface area contributed by atoms with Crippen molar-refractivity contribution < 1.29 is 4.65 Å². The molecule has 0 atom stereocenters. The molecule has 1 heterocycles. The molecule has 0 spiro atoms. The molecule has 1 radical (unpaired) electrons. The van der Waals surface area contributed by atoms with E-state index in [-0.39, 0.29) is 0 Å². The second-order valence-electron chi connectivity index (χ2n) is 1.51. The van der Waals surface area contributed by atoms with E-state index in [0.717, 1.165) is 5.69 Å². The van der Waals surface area contributed by atoms with Crippen LogP contribution in [0.1, 0.15) is 0 Å². The molecule has 0 aliphatic heterocycles. The van der Waals surface area contributed by atoms with E-state index in [1.165, 1.54) is 0 Å². The van der Waals surface area contributed by atoms with Crippen LogP contribution >= 0.6 is 11.3 Å². The number of thiophene rings is 1. The van der Waals surface area contributed by atoms with Crippen LogP contribution in [0.2, 0.25) is 0 Å². The van der Waals surface area contributed by atoms with Crippen LogP contribution in [0, 0.1) is 0 Å². The van der Waals surface area contributed by atoms with Crippen LogP contribution in [-0.4, -0.2) is 14.7 Å². The Balaban J connectivity index is 2.30. The molecule has 0 saturated carbocycles. The maximum Gasteiger partial charge on any atom is 0.435 e. The quantitative estimate of drug-likeness (QED) is 0.639. The van der Waals surface area contributed by atoms with E-state index >= 15 is 0 Å². The predicted molar refractivity (Wildman–Crippen MR) is 40.7 cm³/mol. The molecule has 1 aromatic rings. The molecule has 0 aliphatic carbocycles. The van der Waals surface area contributed by atoms with E-state index < -0.39 is 0 Å². The monoisotopic (exact) mass is 140 g/mol. The van der Waals surface area contributed by atoms with Gasteiger partial charge in [0.1, 0.15) is 0 Å². The third-order valence-electron chi connectivity index (χ3n) is 0.865. The molecule has 1 N–H and O–H groups in total. The van der Waals surface area contributed by atoms with E-state index in [1.54, 1.807) is 26.1 Å². The zero-order valence-electron chi connectivity index (χ0n) is 5.13. The molecule has 0 amide bonds. The van der Waals surface area contributed by atoms with Gasteiger partial charge in [-0.05, 0) is 11.4 Å². The Kier molecular flexibility index (Phi) is 2.61. The lowest BCUT2D eigenvalue weighted by molar-refractivity contribution is 0.446. The summed E-state index contributed by atoms with van der Waals surface area (Å²) in [6, 6.07) is 1.99. The molecule has 0 saturated heterocycles. The van der Waals surface area contributed by atoms with Crippen LogP contribution in [0.3, 0.4) is 0 Å². The Morgan fingerprint density at radius 3 is 3.22 bits per heavy atom. The standard InChI is InChI=1S/C5H7BNOS/c1-8-6-7-5-2-3-9-4-5/h2-4,7H,1H3. The molecule has 0 unspecified atom stereocenters. The summed E-state index contributed by atoms with van der Waals surface area (Å²) >= 11 is 1.65. The number of hydrogen-bond acceptors (Lipinski definition) is 3. The summed E-state index contributed by atoms with van der Waals surface area (Å²) in [5.41, 5.74) is 1.07. The molecule has 47 valence electrons. The molecular formula is C5H7BNOS. The highest BCUT2D eigenvalue weighted by atomic mass is 32.1. The first-order chi connectivity index (χ1) is 4.43. The summed E-state index contributed by atoms with van der Waals surface area (Å²) in [5, 5.41) is 6.95. The summed E-state index contributed by atoms with van der Waals surface area (Å²) in [5.74, 6) is 0. The van der Waals surface area contributed by atoms with Crippen molar-refractivity contribution in [1.82, 2.24) is 0 Å². The third-order valence-corrected chi connectivity index (χ3v) is 1.55. The first-order valence-corrected chi connectivity index (χ1v) is 3.51. The summed E-state index contributed by atoms with van der Waals surface area (Å²) in [4.78, 5) is 0. The Morgan fingerprint density at radius 2 is 2.67 bits per heavy atom. The zero-order valence-corrected chi connectivity index (χ0v) is 5.94. The molecule has 0 aliphatic rings. The highest BCUT2D eigenvalue weighted by Gasteiger charge is 1.90. The second-order valence-corrected chi connectivity index (χ2v) is 2.29. The van der Waals surface area contributed by atoms with Gasteiger partial charge in [0.2, 0.25) is 0 Å². The van der Waals surface area contributed by atoms with Gasteiger partial charge in [-0.2, -0.15) is 11.3 Å². The van der Waals surface area contributed by atoms with Crippen molar-refractivity contribution in [2.75, 3.05) is 12.3 Å². The Hall–Kier alpha value is -0.475. The van der Waals surface area contributed by atoms with Gasteiger partial charge in [-0.25, -0.2) is 0 Å². The number of hydrogen-bond donors (Lipinski definition) is 1. The number of anilines is 1. The normalized spacial score (nSPS) is 9.00. The molecule has 4 heteroatoms. The van der Waals surface area contributed by atoms with E-state index in [0.29, 0.717) is 0 Å². The first-order valence-electron chi connectivity index (χ1n) is 2.56. The van der Waals surface area contributed by atoms with Gasteiger partial charge in [-0.15, -0.1) is 0 Å². The highest BCUT2D eigenvalue weighted by molar-refractivity contribution is 7.08. The average molecular weight is 140 g/mol. The van der Waals surface area contributed by atoms with E-state index in [4.69, 9.17) is 0 Å². The smallest absolute Gasteiger partial charge is 0.422 e. The third kappa shape index (κ3) is 2.07. The van der Waals surface area contributed by atoms with Crippen molar-refractivity contribution in [2.45, 2.75) is 0 Å². The SMILES string of the molecule is CO[B]Nc1ccsc1. The molecule has 0 fully saturated rings. The molecule has 0 aromatic carbocycles. The highest BCUT2D eigenvalue weighted by Crippen LogP contribution is 2.10. The fraction of sp³-hybridized carbons (Fsp3) is 0.200. The van der Waals surface area contributed by atoms with Gasteiger partial charge < -0.3 is 9.88 Å². The summed E-state index contributed by atoms with van der Waals surface area (Å²) < 4.78 is 4.68. The van der Waals surface area contributed by atoms with Crippen molar-refractivity contribution >= 4 is 24.6 Å². The maximum atomic E-state index is 4.68. The summed E-state index contributed by atoms with van der Waals surface area (Å²) in [6.07, 6.45) is 0. The molecule has 0 bridgehead atoms. The topological polar surface area (TPSA) is 21.3 Å². The van der Waals surface area contributed by atoms with Gasteiger partial charge in [0.25, 0.3) is 0 Å². The molecule has 1 rings (SSSR count). The van der Waals surface area contributed by atoms with Crippen LogP contribution in [0.15, 0.2) is 16.8 Å². The van der Waals surface area contributed by atoms with Gasteiger partial charge in [0.05, 0.1) is 0 Å². The van der Waals surface area contributed by atoms with Gasteiger partial charge in [0, 0.05) is 18.2 Å². The Labute approximate surface area is 59.1 Å². The maximum absolute atomic E-state index is 4.68. The Morgan fingerprint density at radius 1 is 1.78 bits per heavy atom. The minimum absolute atomic E-state index is 1.07. The van der Waals surface area contributed by atoms with Crippen molar-refractivity contribution in [3.8, 4) is 0 Å². The first kappa shape index (κ1) is 6.64. The minimum Gasteiger partial charge on any atom is -0.422 e. The Bertz CT molecular complexity index is 154. The van der Waals surface area contributed by atoms with Crippen LogP contribution < -0.4 is 5.23 Å². The van der Waals surface area contributed by atoms with Crippen LogP contribution in [-0.2, 0) is 4.65 Å². The lowest BCUT2D eigenvalue weighted by Crippen LogP contribution is -2.06. The number of rotatable bonds is 3. The number of nitrogens with one attached hydrogen (secondary N) is 1. The van der Waals surface area contributed by atoms with Crippen LogP contribution in [0.4, 0.5) is 5.69 Å². The fourth-order valence-corrected chi connectivity index (χ4v) is 1.07. The van der Waals surface area contributed by atoms with E-state index in [2.05, 4.69) is 9.88 Å². The van der Waals surface area contributed by atoms with Gasteiger partial charge in [-0.3, -0.25) is 0 Å². The lowest BCUT2D eigenvalue weighted by Gasteiger charge is -1.95. The van der Waals surface area contributed by atoms with Crippen molar-refractivity contribution in [1.29, 1.82) is 0 Å². The van der Waals surface area contributed by atoms with Crippen LogP contribution in [0.5, 0.6) is 0 Å². The van der Waals surface area contributed by atoms with E-state index in [9.17, 15) is 0 Å². The van der Waals surface area contributed by atoms with Gasteiger partial charge in [-0.1, -0.05) is 0 Å². The summed E-state index contributed by atoms with van der Waals surface area (Å²) in [7, 11) is 3.15. The van der Waals surface area contributed by atoms with Gasteiger partial charge >= 0.3 is 7.62 Å². The minimum atomic E-state index is 1.07. The molecule has 1 aromatic heterocycles. The molecule has 9 heavy (non-hydrogen) atoms. The fourth-order valence-electron chi connectivity index (χ4n) is 0.474. The largest absolute Gasteiger partial charge is 0.435 e. The van der Waals surface area contributed by atoms with E-state index in [1.807, 2.05) is 16.8 Å². The lowest BCUT2D eigenvalue weighted by atomic mass is 10.2. The van der Waals surface area contributed by atoms with Crippen molar-refractivity contribution in [2.24, 2.45) is 0 Å². The molecular weight excluding hydrogens is 133 g/mol. The van der Waals surface area contributed by atoms with Gasteiger partial charge in [0.15, 0.2) is 0 Å². The predicted octanol–water partition coefficient (Wildman–Crippen LogP) is 1.34. The average Bonchev–Trinajstić information content (AvgIpc) is 2.34. The zero-order chi connectivity index (χ0) is 6.53. The molecule has 2 nitrogen and oxygen atoms in total. The second kappa shape index (κ2) is 3.53. The van der Waals surface area contributed by atoms with Crippen molar-refractivity contribution in [3.63, 3.8) is 0 Å². The van der Waals surface area contributed by atoms with Crippen LogP contribution in [0.25, 0.3) is 0 Å².